The molecule has 1 unspecified atom stereocenters. The SMILES string of the molecule is CCOC(C)CNc1nc2ccccc2nc1N. The molecule has 0 aliphatic carbocycles. The van der Waals surface area contributed by atoms with Gasteiger partial charge in [-0.1, -0.05) is 12.1 Å². The van der Waals surface area contributed by atoms with Gasteiger partial charge in [0, 0.05) is 13.2 Å². The van der Waals surface area contributed by atoms with Crippen LogP contribution in [0.3, 0.4) is 0 Å². The molecule has 3 N–H and O–H groups in total. The summed E-state index contributed by atoms with van der Waals surface area (Å²) in [5, 5.41) is 3.17. The number of ether oxygens (including phenoxy) is 1. The van der Waals surface area contributed by atoms with Gasteiger partial charge in [-0.05, 0) is 26.0 Å². The first kappa shape index (κ1) is 12.6. The standard InChI is InChI=1S/C13H18N4O/c1-3-18-9(2)8-15-13-12(14)16-10-6-4-5-7-11(10)17-13/h4-7,9H,3,8H2,1-2H3,(H2,14,16)(H,15,17). The van der Waals surface area contributed by atoms with Crippen LogP contribution in [0.25, 0.3) is 11.0 Å². The van der Waals surface area contributed by atoms with Crippen molar-refractivity contribution in [2.75, 3.05) is 24.2 Å². The van der Waals surface area contributed by atoms with Crippen molar-refractivity contribution >= 4 is 22.7 Å². The number of hydrogen-bond acceptors (Lipinski definition) is 5. The Kier molecular flexibility index (Phi) is 3.94. The average Bonchev–Trinajstić information content (AvgIpc) is 2.36. The van der Waals surface area contributed by atoms with Gasteiger partial charge in [-0.2, -0.15) is 0 Å². The van der Waals surface area contributed by atoms with Gasteiger partial charge in [0.2, 0.25) is 0 Å². The van der Waals surface area contributed by atoms with E-state index in [-0.39, 0.29) is 6.10 Å². The van der Waals surface area contributed by atoms with Crippen LogP contribution in [-0.2, 0) is 4.74 Å². The minimum absolute atomic E-state index is 0.114. The lowest BCUT2D eigenvalue weighted by Crippen LogP contribution is -2.21. The molecule has 0 spiro atoms. The van der Waals surface area contributed by atoms with Gasteiger partial charge in [0.25, 0.3) is 0 Å². The third-order valence-electron chi connectivity index (χ3n) is 2.61. The van der Waals surface area contributed by atoms with Gasteiger partial charge in [-0.3, -0.25) is 0 Å². The highest BCUT2D eigenvalue weighted by molar-refractivity contribution is 5.79. The number of fused-ring (bicyclic) bond motifs is 1. The summed E-state index contributed by atoms with van der Waals surface area (Å²) in [6.45, 7) is 5.33. The number of nitrogen functional groups attached to an aromatic ring is 1. The van der Waals surface area contributed by atoms with Gasteiger partial charge in [-0.25, -0.2) is 9.97 Å². The highest BCUT2D eigenvalue weighted by Gasteiger charge is 2.07. The molecule has 0 saturated heterocycles. The molecule has 0 amide bonds. The number of anilines is 2. The average molecular weight is 246 g/mol. The molecule has 0 aliphatic heterocycles. The van der Waals surface area contributed by atoms with Crippen molar-refractivity contribution in [1.29, 1.82) is 0 Å². The summed E-state index contributed by atoms with van der Waals surface area (Å²) >= 11 is 0. The fourth-order valence-electron chi connectivity index (χ4n) is 1.73. The molecular formula is C13H18N4O. The quantitative estimate of drug-likeness (QED) is 0.844. The molecule has 5 heteroatoms. The van der Waals surface area contributed by atoms with Crippen LogP contribution >= 0.6 is 0 Å². The second-order valence-electron chi connectivity index (χ2n) is 4.09. The Labute approximate surface area is 106 Å². The Morgan fingerprint density at radius 3 is 2.61 bits per heavy atom. The number of aromatic nitrogens is 2. The Bertz CT molecular complexity index is 529. The molecule has 1 aromatic heterocycles. The second kappa shape index (κ2) is 5.64. The molecular weight excluding hydrogens is 228 g/mol. The highest BCUT2D eigenvalue weighted by atomic mass is 16.5. The first-order chi connectivity index (χ1) is 8.70. The molecule has 1 atom stereocenters. The van der Waals surface area contributed by atoms with E-state index in [1.807, 2.05) is 38.1 Å². The van der Waals surface area contributed by atoms with Crippen molar-refractivity contribution in [3.63, 3.8) is 0 Å². The van der Waals surface area contributed by atoms with Crippen LogP contribution in [0.5, 0.6) is 0 Å². The van der Waals surface area contributed by atoms with Gasteiger partial charge in [0.05, 0.1) is 17.1 Å². The first-order valence-electron chi connectivity index (χ1n) is 6.08. The number of hydrogen-bond donors (Lipinski definition) is 2. The largest absolute Gasteiger partial charge is 0.381 e. The Balaban J connectivity index is 2.15. The Morgan fingerprint density at radius 2 is 1.94 bits per heavy atom. The van der Waals surface area contributed by atoms with Crippen LogP contribution in [0.4, 0.5) is 11.6 Å². The van der Waals surface area contributed by atoms with Crippen LogP contribution < -0.4 is 11.1 Å². The zero-order chi connectivity index (χ0) is 13.0. The summed E-state index contributed by atoms with van der Waals surface area (Å²) in [5.74, 6) is 1.03. The van der Waals surface area contributed by atoms with E-state index in [1.54, 1.807) is 0 Å². The fourth-order valence-corrected chi connectivity index (χ4v) is 1.73. The zero-order valence-electron chi connectivity index (χ0n) is 10.7. The summed E-state index contributed by atoms with van der Waals surface area (Å²) in [7, 11) is 0. The summed E-state index contributed by atoms with van der Waals surface area (Å²) in [6, 6.07) is 7.66. The van der Waals surface area contributed by atoms with Gasteiger partial charge in [0.1, 0.15) is 0 Å². The number of nitrogens with one attached hydrogen (secondary N) is 1. The molecule has 5 nitrogen and oxygen atoms in total. The third-order valence-corrected chi connectivity index (χ3v) is 2.61. The van der Waals surface area contributed by atoms with E-state index < -0.39 is 0 Å². The molecule has 0 saturated carbocycles. The maximum absolute atomic E-state index is 5.87. The van der Waals surface area contributed by atoms with Crippen molar-refractivity contribution in [3.8, 4) is 0 Å². The van der Waals surface area contributed by atoms with Crippen LogP contribution in [0, 0.1) is 0 Å². The van der Waals surface area contributed by atoms with Crippen LogP contribution in [0.2, 0.25) is 0 Å². The third kappa shape index (κ3) is 2.87. The topological polar surface area (TPSA) is 73.1 Å². The molecule has 0 fully saturated rings. The van der Waals surface area contributed by atoms with E-state index in [0.717, 1.165) is 11.0 Å². The van der Waals surface area contributed by atoms with Crippen molar-refractivity contribution in [2.24, 2.45) is 0 Å². The van der Waals surface area contributed by atoms with E-state index in [0.29, 0.717) is 24.8 Å². The van der Waals surface area contributed by atoms with Crippen molar-refractivity contribution in [2.45, 2.75) is 20.0 Å². The maximum Gasteiger partial charge on any atom is 0.169 e. The monoisotopic (exact) mass is 246 g/mol. The molecule has 0 aliphatic rings. The zero-order valence-corrected chi connectivity index (χ0v) is 10.7. The predicted octanol–water partition coefficient (Wildman–Crippen LogP) is 2.05. The van der Waals surface area contributed by atoms with Crippen LogP contribution in [-0.4, -0.2) is 29.2 Å². The van der Waals surface area contributed by atoms with Crippen LogP contribution in [0.1, 0.15) is 13.8 Å². The van der Waals surface area contributed by atoms with E-state index in [1.165, 1.54) is 0 Å². The Hall–Kier alpha value is -1.88. The van der Waals surface area contributed by atoms with Gasteiger partial charge in [-0.15, -0.1) is 0 Å². The number of rotatable bonds is 5. The molecule has 1 aromatic carbocycles. The van der Waals surface area contributed by atoms with Crippen molar-refractivity contribution in [3.05, 3.63) is 24.3 Å². The Morgan fingerprint density at radius 1 is 1.28 bits per heavy atom. The molecule has 0 bridgehead atoms. The number of benzene rings is 1. The van der Waals surface area contributed by atoms with Gasteiger partial charge < -0.3 is 15.8 Å². The minimum atomic E-state index is 0.114. The molecule has 18 heavy (non-hydrogen) atoms. The minimum Gasteiger partial charge on any atom is -0.381 e. The lowest BCUT2D eigenvalue weighted by molar-refractivity contribution is 0.0855. The van der Waals surface area contributed by atoms with Crippen LogP contribution in [0.15, 0.2) is 24.3 Å². The lowest BCUT2D eigenvalue weighted by atomic mass is 10.3. The molecule has 0 radical (unpaired) electrons. The van der Waals surface area contributed by atoms with E-state index in [2.05, 4.69) is 15.3 Å². The molecule has 1 heterocycles. The summed E-state index contributed by atoms with van der Waals surface area (Å²) < 4.78 is 5.44. The van der Waals surface area contributed by atoms with E-state index in [9.17, 15) is 0 Å². The van der Waals surface area contributed by atoms with Gasteiger partial charge in [0.15, 0.2) is 11.6 Å². The summed E-state index contributed by atoms with van der Waals surface area (Å²) in [6.07, 6.45) is 0.114. The second-order valence-corrected chi connectivity index (χ2v) is 4.09. The van der Waals surface area contributed by atoms with Gasteiger partial charge >= 0.3 is 0 Å². The van der Waals surface area contributed by atoms with Crippen molar-refractivity contribution in [1.82, 2.24) is 9.97 Å². The highest BCUT2D eigenvalue weighted by Crippen LogP contribution is 2.18. The van der Waals surface area contributed by atoms with Crippen molar-refractivity contribution < 1.29 is 4.74 Å². The summed E-state index contributed by atoms with van der Waals surface area (Å²) in [5.41, 5.74) is 7.51. The number of nitrogens with zero attached hydrogens (tertiary/aromatic N) is 2. The smallest absolute Gasteiger partial charge is 0.169 e. The predicted molar refractivity (Wildman–Crippen MR) is 73.5 cm³/mol. The molecule has 96 valence electrons. The number of para-hydroxylation sites is 2. The molecule has 2 aromatic rings. The summed E-state index contributed by atoms with van der Waals surface area (Å²) in [4.78, 5) is 8.76. The number of nitrogens with two attached hydrogens (primary N) is 1. The fraction of sp³-hybridized carbons (Fsp3) is 0.385. The maximum atomic E-state index is 5.87. The normalized spacial score (nSPS) is 12.6. The lowest BCUT2D eigenvalue weighted by Gasteiger charge is -2.14. The van der Waals surface area contributed by atoms with E-state index >= 15 is 0 Å². The first-order valence-corrected chi connectivity index (χ1v) is 6.08. The van der Waals surface area contributed by atoms with E-state index in [4.69, 9.17) is 10.5 Å². The molecule has 2 rings (SSSR count).